The molecule has 0 radical (unpaired) electrons. The maximum absolute atomic E-state index is 12.5. The maximum atomic E-state index is 12.5. The van der Waals surface area contributed by atoms with Crippen molar-refractivity contribution < 1.29 is 14.3 Å². The van der Waals surface area contributed by atoms with E-state index in [0.29, 0.717) is 37.9 Å². The van der Waals surface area contributed by atoms with Crippen LogP contribution in [0.2, 0.25) is 0 Å². The van der Waals surface area contributed by atoms with E-state index in [2.05, 4.69) is 21.8 Å². The third-order valence-corrected chi connectivity index (χ3v) is 4.09. The van der Waals surface area contributed by atoms with Crippen molar-refractivity contribution in [3.05, 3.63) is 24.3 Å². The summed E-state index contributed by atoms with van der Waals surface area (Å²) in [5, 5.41) is 7.16. The summed E-state index contributed by atoms with van der Waals surface area (Å²) in [6.45, 7) is 13.2. The highest BCUT2D eigenvalue weighted by atomic mass is 16.5. The first-order valence-corrected chi connectivity index (χ1v) is 8.49. The van der Waals surface area contributed by atoms with Crippen LogP contribution in [0.15, 0.2) is 12.7 Å². The third kappa shape index (κ3) is 4.66. The van der Waals surface area contributed by atoms with Gasteiger partial charge in [-0.25, -0.2) is 4.98 Å². The second kappa shape index (κ2) is 7.77. The number of aromatic amines is 1. The summed E-state index contributed by atoms with van der Waals surface area (Å²) in [5.74, 6) is 0.979. The van der Waals surface area contributed by atoms with Gasteiger partial charge < -0.3 is 14.5 Å². The van der Waals surface area contributed by atoms with E-state index in [1.165, 1.54) is 11.0 Å². The molecule has 25 heavy (non-hydrogen) atoms. The lowest BCUT2D eigenvalue weighted by Gasteiger charge is -2.33. The van der Waals surface area contributed by atoms with Crippen molar-refractivity contribution in [2.24, 2.45) is 0 Å². The van der Waals surface area contributed by atoms with Gasteiger partial charge in [-0.15, -0.1) is 0 Å². The van der Waals surface area contributed by atoms with Gasteiger partial charge >= 0.3 is 0 Å². The molecule has 0 aliphatic carbocycles. The molecule has 0 aromatic carbocycles. The minimum absolute atomic E-state index is 0.0394. The molecule has 2 heterocycles. The Kier molecular flexibility index (Phi) is 5.94. The Hall–Kier alpha value is -2.22. The molecule has 1 aromatic rings. The largest absolute Gasteiger partial charge is 0.367 e. The van der Waals surface area contributed by atoms with Gasteiger partial charge in [-0.05, 0) is 13.0 Å². The Morgan fingerprint density at radius 3 is 2.76 bits per heavy atom. The van der Waals surface area contributed by atoms with E-state index in [1.807, 2.05) is 27.7 Å². The Labute approximate surface area is 148 Å². The van der Waals surface area contributed by atoms with Crippen molar-refractivity contribution in [2.75, 3.05) is 32.8 Å². The molecule has 1 aliphatic rings. The van der Waals surface area contributed by atoms with Gasteiger partial charge in [-0.1, -0.05) is 27.4 Å². The summed E-state index contributed by atoms with van der Waals surface area (Å²) < 4.78 is 5.75. The number of carbonyl (C=O) groups excluding carboxylic acids is 2. The summed E-state index contributed by atoms with van der Waals surface area (Å²) >= 11 is 0. The van der Waals surface area contributed by atoms with Crippen LogP contribution in [0.4, 0.5) is 0 Å². The number of nitrogens with one attached hydrogen (secondary N) is 1. The molecular weight excluding hydrogens is 322 g/mol. The molecule has 1 N–H and O–H groups in total. The van der Waals surface area contributed by atoms with E-state index in [-0.39, 0.29) is 29.9 Å². The van der Waals surface area contributed by atoms with E-state index in [0.717, 1.165) is 0 Å². The predicted molar refractivity (Wildman–Crippen MR) is 92.8 cm³/mol. The molecule has 1 atom stereocenters. The van der Waals surface area contributed by atoms with E-state index >= 15 is 0 Å². The van der Waals surface area contributed by atoms with Gasteiger partial charge in [-0.2, -0.15) is 5.10 Å². The fraction of sp³-hybridized carbons (Fsp3) is 0.647. The molecule has 138 valence electrons. The van der Waals surface area contributed by atoms with Gasteiger partial charge in [0.15, 0.2) is 11.6 Å². The quantitative estimate of drug-likeness (QED) is 0.802. The molecule has 0 bridgehead atoms. The minimum Gasteiger partial charge on any atom is -0.367 e. The lowest BCUT2D eigenvalue weighted by molar-refractivity contribution is -0.144. The van der Waals surface area contributed by atoms with Crippen molar-refractivity contribution in [3.8, 4) is 0 Å². The summed E-state index contributed by atoms with van der Waals surface area (Å²) in [6.07, 6.45) is 0.882. The van der Waals surface area contributed by atoms with Crippen LogP contribution in [0.3, 0.4) is 0 Å². The van der Waals surface area contributed by atoms with Gasteiger partial charge in [0.05, 0.1) is 19.7 Å². The summed E-state index contributed by atoms with van der Waals surface area (Å²) in [5.41, 5.74) is -0.161. The molecule has 8 heteroatoms. The van der Waals surface area contributed by atoms with Crippen LogP contribution in [0.1, 0.15) is 45.4 Å². The van der Waals surface area contributed by atoms with Crippen LogP contribution in [0.5, 0.6) is 0 Å². The number of rotatable bonds is 5. The van der Waals surface area contributed by atoms with Crippen LogP contribution in [-0.2, 0) is 19.7 Å². The number of hydrogen-bond acceptors (Lipinski definition) is 5. The second-order valence-electron chi connectivity index (χ2n) is 7.05. The number of amides is 2. The highest BCUT2D eigenvalue weighted by Crippen LogP contribution is 2.23. The summed E-state index contributed by atoms with van der Waals surface area (Å²) in [4.78, 5) is 31.9. The molecule has 2 amide bonds. The van der Waals surface area contributed by atoms with Crippen molar-refractivity contribution in [2.45, 2.75) is 39.2 Å². The van der Waals surface area contributed by atoms with Gasteiger partial charge in [-0.3, -0.25) is 14.7 Å². The van der Waals surface area contributed by atoms with Crippen LogP contribution >= 0.6 is 0 Å². The lowest BCUT2D eigenvalue weighted by Crippen LogP contribution is -2.47. The minimum atomic E-state index is -0.341. The smallest absolute Gasteiger partial charge is 0.246 e. The zero-order valence-electron chi connectivity index (χ0n) is 15.4. The molecule has 8 nitrogen and oxygen atoms in total. The lowest BCUT2D eigenvalue weighted by atomic mass is 9.96. The van der Waals surface area contributed by atoms with E-state index in [1.54, 1.807) is 4.90 Å². The molecule has 0 spiro atoms. The average molecular weight is 349 g/mol. The van der Waals surface area contributed by atoms with Crippen LogP contribution in [0, 0.1) is 0 Å². The molecule has 1 fully saturated rings. The van der Waals surface area contributed by atoms with Gasteiger partial charge in [0, 0.05) is 18.5 Å². The SMILES string of the molecule is C=CC(=O)N(CC)CC(=O)N1CCOC(c2nc(C(C)(C)C)n[nH]2)C1. The topological polar surface area (TPSA) is 91.4 Å². The van der Waals surface area contributed by atoms with E-state index < -0.39 is 0 Å². The van der Waals surface area contributed by atoms with Crippen LogP contribution < -0.4 is 0 Å². The van der Waals surface area contributed by atoms with Gasteiger partial charge in [0.1, 0.15) is 6.10 Å². The molecule has 2 rings (SSSR count). The highest BCUT2D eigenvalue weighted by molar-refractivity contribution is 5.90. The number of morpholine rings is 1. The third-order valence-electron chi connectivity index (χ3n) is 4.09. The average Bonchev–Trinajstić information content (AvgIpc) is 3.09. The molecule has 1 aliphatic heterocycles. The summed E-state index contributed by atoms with van der Waals surface area (Å²) in [6, 6.07) is 0. The standard InChI is InChI=1S/C17H27N5O3/c1-6-13(23)21(7-2)11-14(24)22-8-9-25-12(10-22)15-18-16(20-19-15)17(3,4)5/h6,12H,1,7-11H2,2-5H3,(H,18,19,20). The Morgan fingerprint density at radius 1 is 1.48 bits per heavy atom. The fourth-order valence-corrected chi connectivity index (χ4v) is 2.53. The van der Waals surface area contributed by atoms with Crippen LogP contribution in [0.25, 0.3) is 0 Å². The van der Waals surface area contributed by atoms with Crippen LogP contribution in [-0.4, -0.2) is 69.6 Å². The number of aromatic nitrogens is 3. The number of H-pyrrole nitrogens is 1. The predicted octanol–water partition coefficient (Wildman–Crippen LogP) is 1.04. The van der Waals surface area contributed by atoms with Gasteiger partial charge in [0.25, 0.3) is 0 Å². The normalized spacial score (nSPS) is 18.1. The number of likely N-dealkylation sites (N-methyl/N-ethyl adjacent to an activating group) is 1. The van der Waals surface area contributed by atoms with E-state index in [9.17, 15) is 9.59 Å². The number of carbonyl (C=O) groups is 2. The maximum Gasteiger partial charge on any atom is 0.246 e. The molecular formula is C17H27N5O3. The van der Waals surface area contributed by atoms with Gasteiger partial charge in [0.2, 0.25) is 11.8 Å². The first-order chi connectivity index (χ1) is 11.8. The van der Waals surface area contributed by atoms with Crippen molar-refractivity contribution >= 4 is 11.8 Å². The number of ether oxygens (including phenoxy) is 1. The molecule has 1 saturated heterocycles. The van der Waals surface area contributed by atoms with Crippen molar-refractivity contribution in [3.63, 3.8) is 0 Å². The Bertz CT molecular complexity index is 634. The van der Waals surface area contributed by atoms with Crippen molar-refractivity contribution in [1.29, 1.82) is 0 Å². The monoisotopic (exact) mass is 349 g/mol. The molecule has 1 unspecified atom stereocenters. The number of nitrogens with zero attached hydrogens (tertiary/aromatic N) is 4. The number of hydrogen-bond donors (Lipinski definition) is 1. The summed E-state index contributed by atoms with van der Waals surface area (Å²) in [7, 11) is 0. The molecule has 1 aromatic heterocycles. The second-order valence-corrected chi connectivity index (χ2v) is 7.05. The fourth-order valence-electron chi connectivity index (χ4n) is 2.53. The molecule has 0 saturated carbocycles. The first kappa shape index (κ1) is 19.1. The van der Waals surface area contributed by atoms with Crippen molar-refractivity contribution in [1.82, 2.24) is 25.0 Å². The Balaban J connectivity index is 2.02. The highest BCUT2D eigenvalue weighted by Gasteiger charge is 2.30. The Morgan fingerprint density at radius 2 is 2.20 bits per heavy atom. The zero-order valence-corrected chi connectivity index (χ0v) is 15.4. The first-order valence-electron chi connectivity index (χ1n) is 8.49. The van der Waals surface area contributed by atoms with E-state index in [4.69, 9.17) is 4.74 Å². The zero-order chi connectivity index (χ0) is 18.6.